The van der Waals surface area contributed by atoms with Gasteiger partial charge in [-0.1, -0.05) is 98.2 Å². The smallest absolute Gasteiger partial charge is 0.251 e. The second kappa shape index (κ2) is 12.3. The summed E-state index contributed by atoms with van der Waals surface area (Å²) in [5.41, 5.74) is 2.37. The van der Waals surface area contributed by atoms with E-state index in [2.05, 4.69) is 12.2 Å². The Kier molecular flexibility index (Phi) is 8.63. The van der Waals surface area contributed by atoms with Crippen LogP contribution in [-0.2, 0) is 4.79 Å². The molecule has 4 rings (SSSR count). The van der Waals surface area contributed by atoms with E-state index in [9.17, 15) is 9.59 Å². The highest BCUT2D eigenvalue weighted by molar-refractivity contribution is 7.22. The number of para-hydroxylation sites is 1. The van der Waals surface area contributed by atoms with Crippen molar-refractivity contribution in [3.63, 3.8) is 0 Å². The van der Waals surface area contributed by atoms with Gasteiger partial charge >= 0.3 is 0 Å². The molecule has 1 N–H and O–H groups in total. The lowest BCUT2D eigenvalue weighted by Crippen LogP contribution is -2.37. The summed E-state index contributed by atoms with van der Waals surface area (Å²) in [7, 11) is 0. The van der Waals surface area contributed by atoms with Crippen molar-refractivity contribution in [2.45, 2.75) is 45.1 Å². The highest BCUT2D eigenvalue weighted by atomic mass is 32.1. The third-order valence-corrected chi connectivity index (χ3v) is 7.03. The van der Waals surface area contributed by atoms with Crippen LogP contribution in [0.2, 0.25) is 0 Å². The Morgan fingerprint density at radius 3 is 2.29 bits per heavy atom. The standard InChI is InChI=1S/C29H31N3O2S/c1-2-3-4-13-20-32(29-31-24-18-11-12-19-26(24)35-29)27(33)21-25(22-14-7-5-8-15-22)30-28(34)23-16-9-6-10-17-23/h5-12,14-19,25H,2-4,13,20-21H2,1H3,(H,30,34). The summed E-state index contributed by atoms with van der Waals surface area (Å²) in [4.78, 5) is 33.3. The fourth-order valence-corrected chi connectivity index (χ4v) is 5.06. The van der Waals surface area contributed by atoms with Gasteiger partial charge in [0, 0.05) is 12.1 Å². The van der Waals surface area contributed by atoms with E-state index < -0.39 is 6.04 Å². The van der Waals surface area contributed by atoms with E-state index in [-0.39, 0.29) is 18.2 Å². The highest BCUT2D eigenvalue weighted by Crippen LogP contribution is 2.30. The molecule has 0 aliphatic heterocycles. The molecule has 5 nitrogen and oxygen atoms in total. The predicted octanol–water partition coefficient (Wildman–Crippen LogP) is 6.77. The molecular weight excluding hydrogens is 454 g/mol. The third kappa shape index (κ3) is 6.55. The van der Waals surface area contributed by atoms with Crippen LogP contribution in [0.1, 0.15) is 61.0 Å². The van der Waals surface area contributed by atoms with Crippen LogP contribution in [0.4, 0.5) is 5.13 Å². The van der Waals surface area contributed by atoms with Crippen molar-refractivity contribution in [2.75, 3.05) is 11.4 Å². The van der Waals surface area contributed by atoms with Crippen molar-refractivity contribution in [1.82, 2.24) is 10.3 Å². The summed E-state index contributed by atoms with van der Waals surface area (Å²) in [6, 6.07) is 26.3. The molecular formula is C29H31N3O2S. The minimum absolute atomic E-state index is 0.0391. The molecule has 2 amide bonds. The maximum Gasteiger partial charge on any atom is 0.251 e. The lowest BCUT2D eigenvalue weighted by atomic mass is 10.0. The van der Waals surface area contributed by atoms with E-state index >= 15 is 0 Å². The molecule has 1 unspecified atom stereocenters. The number of rotatable bonds is 11. The molecule has 0 radical (unpaired) electrons. The molecule has 0 aliphatic rings. The number of unbranched alkanes of at least 4 members (excludes halogenated alkanes) is 3. The largest absolute Gasteiger partial charge is 0.345 e. The topological polar surface area (TPSA) is 62.3 Å². The molecule has 1 heterocycles. The minimum Gasteiger partial charge on any atom is -0.345 e. The zero-order valence-corrected chi connectivity index (χ0v) is 20.8. The average molecular weight is 486 g/mol. The molecule has 6 heteroatoms. The van der Waals surface area contributed by atoms with Crippen LogP contribution in [0.5, 0.6) is 0 Å². The first-order valence-electron chi connectivity index (χ1n) is 12.2. The number of benzene rings is 3. The number of carbonyl (C=O) groups is 2. The van der Waals surface area contributed by atoms with E-state index in [1.165, 1.54) is 11.3 Å². The van der Waals surface area contributed by atoms with Crippen molar-refractivity contribution in [3.8, 4) is 0 Å². The van der Waals surface area contributed by atoms with Crippen molar-refractivity contribution < 1.29 is 9.59 Å². The van der Waals surface area contributed by atoms with Crippen molar-refractivity contribution >= 4 is 38.5 Å². The molecule has 0 fully saturated rings. The number of amides is 2. The fraction of sp³-hybridized carbons (Fsp3) is 0.276. The van der Waals surface area contributed by atoms with Crippen LogP contribution >= 0.6 is 11.3 Å². The number of nitrogens with one attached hydrogen (secondary N) is 1. The van der Waals surface area contributed by atoms with Gasteiger partial charge in [-0.3, -0.25) is 14.5 Å². The molecule has 3 aromatic carbocycles. The number of hydrogen-bond acceptors (Lipinski definition) is 4. The van der Waals surface area contributed by atoms with Gasteiger partial charge in [0.2, 0.25) is 5.91 Å². The number of carbonyl (C=O) groups excluding carboxylic acids is 2. The van der Waals surface area contributed by atoms with Gasteiger partial charge in [-0.2, -0.15) is 0 Å². The van der Waals surface area contributed by atoms with Crippen molar-refractivity contribution in [3.05, 3.63) is 96.1 Å². The first-order chi connectivity index (χ1) is 17.2. The SMILES string of the molecule is CCCCCCN(C(=O)CC(NC(=O)c1ccccc1)c1ccccc1)c1nc2ccccc2s1. The van der Waals surface area contributed by atoms with Gasteiger partial charge in [-0.05, 0) is 36.2 Å². The Hall–Kier alpha value is -3.51. The molecule has 35 heavy (non-hydrogen) atoms. The van der Waals surface area contributed by atoms with Gasteiger partial charge < -0.3 is 5.32 Å². The average Bonchev–Trinajstić information content (AvgIpc) is 3.33. The Balaban J connectivity index is 1.58. The van der Waals surface area contributed by atoms with Crippen molar-refractivity contribution in [2.24, 2.45) is 0 Å². The maximum absolute atomic E-state index is 13.7. The number of anilines is 1. The second-order valence-corrected chi connectivity index (χ2v) is 9.59. The molecule has 0 bridgehead atoms. The van der Waals surface area contributed by atoms with Crippen LogP contribution in [0.3, 0.4) is 0 Å². The fourth-order valence-electron chi connectivity index (χ4n) is 4.05. The minimum atomic E-state index is -0.441. The predicted molar refractivity (Wildman–Crippen MR) is 144 cm³/mol. The lowest BCUT2D eigenvalue weighted by molar-refractivity contribution is -0.119. The normalized spacial score (nSPS) is 11.8. The van der Waals surface area contributed by atoms with Gasteiger partial charge in [0.25, 0.3) is 5.91 Å². The molecule has 180 valence electrons. The molecule has 0 saturated heterocycles. The Bertz CT molecular complexity index is 1210. The molecule has 4 aromatic rings. The van der Waals surface area contributed by atoms with Crippen LogP contribution in [0.25, 0.3) is 10.2 Å². The van der Waals surface area contributed by atoms with E-state index in [4.69, 9.17) is 4.98 Å². The summed E-state index contributed by atoms with van der Waals surface area (Å²) >= 11 is 1.54. The second-order valence-electron chi connectivity index (χ2n) is 8.58. The summed E-state index contributed by atoms with van der Waals surface area (Å²) in [5.74, 6) is -0.232. The van der Waals surface area contributed by atoms with E-state index in [0.29, 0.717) is 17.2 Å². The first-order valence-corrected chi connectivity index (χ1v) is 13.0. The van der Waals surface area contributed by atoms with Gasteiger partial charge in [-0.15, -0.1) is 0 Å². The van der Waals surface area contributed by atoms with E-state index in [1.54, 1.807) is 12.1 Å². The molecule has 0 spiro atoms. The maximum atomic E-state index is 13.7. The Labute approximate surface area is 210 Å². The zero-order valence-electron chi connectivity index (χ0n) is 20.0. The first kappa shape index (κ1) is 24.6. The van der Waals surface area contributed by atoms with Crippen LogP contribution in [0.15, 0.2) is 84.9 Å². The number of aromatic nitrogens is 1. The quantitative estimate of drug-likeness (QED) is 0.238. The van der Waals surface area contributed by atoms with Crippen molar-refractivity contribution in [1.29, 1.82) is 0 Å². The highest BCUT2D eigenvalue weighted by Gasteiger charge is 2.25. The lowest BCUT2D eigenvalue weighted by Gasteiger charge is -2.24. The summed E-state index contributed by atoms with van der Waals surface area (Å²) in [6.45, 7) is 2.79. The number of thiazole rings is 1. The monoisotopic (exact) mass is 485 g/mol. The van der Waals surface area contributed by atoms with Gasteiger partial charge in [-0.25, -0.2) is 4.98 Å². The summed E-state index contributed by atoms with van der Waals surface area (Å²) in [5, 5.41) is 3.80. The van der Waals surface area contributed by atoms with Gasteiger partial charge in [0.05, 0.1) is 22.7 Å². The Morgan fingerprint density at radius 1 is 0.886 bits per heavy atom. The summed E-state index contributed by atoms with van der Waals surface area (Å²) < 4.78 is 1.06. The van der Waals surface area contributed by atoms with Gasteiger partial charge in [0.15, 0.2) is 5.13 Å². The van der Waals surface area contributed by atoms with E-state index in [0.717, 1.165) is 41.5 Å². The zero-order chi connectivity index (χ0) is 24.5. The third-order valence-electron chi connectivity index (χ3n) is 5.97. The van der Waals surface area contributed by atoms with E-state index in [1.807, 2.05) is 77.7 Å². The number of hydrogen-bond donors (Lipinski definition) is 1. The summed E-state index contributed by atoms with van der Waals surface area (Å²) in [6.07, 6.45) is 4.42. The van der Waals surface area contributed by atoms with Crippen LogP contribution < -0.4 is 10.2 Å². The molecule has 1 atom stereocenters. The molecule has 0 saturated carbocycles. The van der Waals surface area contributed by atoms with Crippen LogP contribution in [0, 0.1) is 0 Å². The molecule has 1 aromatic heterocycles. The number of nitrogens with zero attached hydrogens (tertiary/aromatic N) is 2. The number of fused-ring (bicyclic) bond motifs is 1. The van der Waals surface area contributed by atoms with Gasteiger partial charge in [0.1, 0.15) is 0 Å². The molecule has 0 aliphatic carbocycles. The Morgan fingerprint density at radius 2 is 1.57 bits per heavy atom. The van der Waals surface area contributed by atoms with Crippen LogP contribution in [-0.4, -0.2) is 23.3 Å².